The van der Waals surface area contributed by atoms with Crippen molar-refractivity contribution >= 4 is 10.9 Å². The molecule has 0 spiro atoms. The SMILES string of the molecule is C=C(CNCC)COc1cccc2ncccc12. The van der Waals surface area contributed by atoms with E-state index in [0.29, 0.717) is 6.61 Å². The highest BCUT2D eigenvalue weighted by Gasteiger charge is 2.02. The fourth-order valence-electron chi connectivity index (χ4n) is 1.73. The van der Waals surface area contributed by atoms with Gasteiger partial charge in [0, 0.05) is 18.1 Å². The van der Waals surface area contributed by atoms with Crippen LogP contribution in [-0.4, -0.2) is 24.7 Å². The average Bonchev–Trinajstić information content (AvgIpc) is 2.42. The van der Waals surface area contributed by atoms with Gasteiger partial charge in [-0.25, -0.2) is 0 Å². The molecule has 0 aliphatic rings. The summed E-state index contributed by atoms with van der Waals surface area (Å²) in [5.74, 6) is 0.859. The van der Waals surface area contributed by atoms with Crippen LogP contribution in [0.4, 0.5) is 0 Å². The van der Waals surface area contributed by atoms with Gasteiger partial charge in [0.2, 0.25) is 0 Å². The first kappa shape index (κ1) is 12.6. The molecule has 1 aromatic carbocycles. The Balaban J connectivity index is 2.05. The molecule has 1 heterocycles. The van der Waals surface area contributed by atoms with E-state index in [9.17, 15) is 0 Å². The van der Waals surface area contributed by atoms with Crippen molar-refractivity contribution in [1.82, 2.24) is 10.3 Å². The first-order valence-corrected chi connectivity index (χ1v) is 6.15. The number of fused-ring (bicyclic) bond motifs is 1. The van der Waals surface area contributed by atoms with Gasteiger partial charge in [0.25, 0.3) is 0 Å². The third-order valence-electron chi connectivity index (χ3n) is 2.66. The summed E-state index contributed by atoms with van der Waals surface area (Å²) in [5.41, 5.74) is 1.99. The maximum absolute atomic E-state index is 5.80. The minimum atomic E-state index is 0.529. The Hall–Kier alpha value is -1.87. The summed E-state index contributed by atoms with van der Waals surface area (Å²) in [6.07, 6.45) is 1.79. The van der Waals surface area contributed by atoms with E-state index in [0.717, 1.165) is 35.3 Å². The Kier molecular flexibility index (Phi) is 4.31. The van der Waals surface area contributed by atoms with Crippen LogP contribution < -0.4 is 10.1 Å². The number of hydrogen-bond acceptors (Lipinski definition) is 3. The van der Waals surface area contributed by atoms with Crippen LogP contribution in [0.3, 0.4) is 0 Å². The number of pyridine rings is 1. The summed E-state index contributed by atoms with van der Waals surface area (Å²) in [6.45, 7) is 8.32. The maximum atomic E-state index is 5.80. The van der Waals surface area contributed by atoms with Crippen molar-refractivity contribution in [1.29, 1.82) is 0 Å². The van der Waals surface area contributed by atoms with Crippen molar-refractivity contribution in [2.24, 2.45) is 0 Å². The fourth-order valence-corrected chi connectivity index (χ4v) is 1.73. The summed E-state index contributed by atoms with van der Waals surface area (Å²) in [5, 5.41) is 4.27. The molecule has 0 bridgehead atoms. The highest BCUT2D eigenvalue weighted by molar-refractivity contribution is 5.84. The second-order valence-corrected chi connectivity index (χ2v) is 4.15. The fraction of sp³-hybridized carbons (Fsp3) is 0.267. The van der Waals surface area contributed by atoms with Crippen LogP contribution in [0, 0.1) is 0 Å². The number of nitrogens with zero attached hydrogens (tertiary/aromatic N) is 1. The number of aromatic nitrogens is 1. The van der Waals surface area contributed by atoms with Crippen LogP contribution in [0.25, 0.3) is 10.9 Å². The standard InChI is InChI=1S/C15H18N2O/c1-3-16-10-12(2)11-18-15-8-4-7-14-13(15)6-5-9-17-14/h4-9,16H,2-3,10-11H2,1H3. The normalized spacial score (nSPS) is 10.5. The first-order chi connectivity index (χ1) is 8.81. The number of nitrogens with one attached hydrogen (secondary N) is 1. The van der Waals surface area contributed by atoms with E-state index in [4.69, 9.17) is 4.74 Å². The second-order valence-electron chi connectivity index (χ2n) is 4.15. The van der Waals surface area contributed by atoms with Crippen LogP contribution in [0.2, 0.25) is 0 Å². The zero-order valence-electron chi connectivity index (χ0n) is 10.6. The Morgan fingerprint density at radius 1 is 1.33 bits per heavy atom. The van der Waals surface area contributed by atoms with Gasteiger partial charge in [0.15, 0.2) is 0 Å². The lowest BCUT2D eigenvalue weighted by Gasteiger charge is -2.10. The van der Waals surface area contributed by atoms with Crippen LogP contribution in [0.1, 0.15) is 6.92 Å². The van der Waals surface area contributed by atoms with Gasteiger partial charge in [0.05, 0.1) is 5.52 Å². The minimum absolute atomic E-state index is 0.529. The molecule has 3 heteroatoms. The largest absolute Gasteiger partial charge is 0.489 e. The van der Waals surface area contributed by atoms with Gasteiger partial charge >= 0.3 is 0 Å². The second kappa shape index (κ2) is 6.17. The molecular formula is C15H18N2O. The van der Waals surface area contributed by atoms with E-state index in [1.165, 1.54) is 0 Å². The molecule has 0 saturated heterocycles. The van der Waals surface area contributed by atoms with Crippen LogP contribution >= 0.6 is 0 Å². The van der Waals surface area contributed by atoms with E-state index < -0.39 is 0 Å². The summed E-state index contributed by atoms with van der Waals surface area (Å²) in [6, 6.07) is 9.84. The molecule has 0 aliphatic heterocycles. The van der Waals surface area contributed by atoms with Gasteiger partial charge < -0.3 is 10.1 Å². The monoisotopic (exact) mass is 242 g/mol. The highest BCUT2D eigenvalue weighted by Crippen LogP contribution is 2.23. The predicted molar refractivity (Wildman–Crippen MR) is 74.9 cm³/mol. The Morgan fingerprint density at radius 3 is 3.06 bits per heavy atom. The summed E-state index contributed by atoms with van der Waals surface area (Å²) in [7, 11) is 0. The molecule has 2 aromatic rings. The van der Waals surface area contributed by atoms with Gasteiger partial charge in [-0.05, 0) is 36.4 Å². The number of ether oxygens (including phenoxy) is 1. The zero-order valence-corrected chi connectivity index (χ0v) is 10.6. The lowest BCUT2D eigenvalue weighted by Crippen LogP contribution is -2.18. The molecule has 0 atom stereocenters. The van der Waals surface area contributed by atoms with Crippen molar-refractivity contribution in [3.8, 4) is 5.75 Å². The van der Waals surface area contributed by atoms with Crippen molar-refractivity contribution in [2.45, 2.75) is 6.92 Å². The van der Waals surface area contributed by atoms with Gasteiger partial charge in [-0.2, -0.15) is 0 Å². The lowest BCUT2D eigenvalue weighted by molar-refractivity contribution is 0.352. The third-order valence-corrected chi connectivity index (χ3v) is 2.66. The summed E-state index contributed by atoms with van der Waals surface area (Å²) >= 11 is 0. The molecule has 94 valence electrons. The van der Waals surface area contributed by atoms with Crippen molar-refractivity contribution in [3.63, 3.8) is 0 Å². The van der Waals surface area contributed by atoms with E-state index in [1.54, 1.807) is 6.20 Å². The van der Waals surface area contributed by atoms with Crippen molar-refractivity contribution in [2.75, 3.05) is 19.7 Å². The van der Waals surface area contributed by atoms with E-state index in [-0.39, 0.29) is 0 Å². The molecule has 0 radical (unpaired) electrons. The number of rotatable bonds is 6. The molecule has 0 saturated carbocycles. The van der Waals surface area contributed by atoms with Gasteiger partial charge in [0.1, 0.15) is 12.4 Å². The number of hydrogen-bond donors (Lipinski definition) is 1. The molecule has 18 heavy (non-hydrogen) atoms. The lowest BCUT2D eigenvalue weighted by atomic mass is 10.2. The number of likely N-dealkylation sites (N-methyl/N-ethyl adjacent to an activating group) is 1. The quantitative estimate of drug-likeness (QED) is 0.791. The molecule has 2 rings (SSSR count). The summed E-state index contributed by atoms with van der Waals surface area (Å²) in [4.78, 5) is 4.30. The van der Waals surface area contributed by atoms with E-state index >= 15 is 0 Å². The van der Waals surface area contributed by atoms with Crippen molar-refractivity contribution < 1.29 is 4.74 Å². The van der Waals surface area contributed by atoms with Crippen molar-refractivity contribution in [3.05, 3.63) is 48.7 Å². The topological polar surface area (TPSA) is 34.1 Å². The molecule has 0 amide bonds. The zero-order chi connectivity index (χ0) is 12.8. The summed E-state index contributed by atoms with van der Waals surface area (Å²) < 4.78 is 5.80. The average molecular weight is 242 g/mol. The van der Waals surface area contributed by atoms with Crippen LogP contribution in [0.5, 0.6) is 5.75 Å². The molecule has 1 N–H and O–H groups in total. The molecule has 0 fully saturated rings. The highest BCUT2D eigenvalue weighted by atomic mass is 16.5. The molecule has 0 aliphatic carbocycles. The predicted octanol–water partition coefficient (Wildman–Crippen LogP) is 2.78. The molecule has 1 aromatic heterocycles. The first-order valence-electron chi connectivity index (χ1n) is 6.15. The Labute approximate surface area is 107 Å². The maximum Gasteiger partial charge on any atom is 0.129 e. The van der Waals surface area contributed by atoms with Crippen LogP contribution in [-0.2, 0) is 0 Å². The molecule has 0 unspecified atom stereocenters. The number of benzene rings is 1. The smallest absolute Gasteiger partial charge is 0.129 e. The third kappa shape index (κ3) is 3.08. The Morgan fingerprint density at radius 2 is 2.22 bits per heavy atom. The van der Waals surface area contributed by atoms with E-state index in [1.807, 2.05) is 30.3 Å². The van der Waals surface area contributed by atoms with E-state index in [2.05, 4.69) is 23.8 Å². The van der Waals surface area contributed by atoms with Gasteiger partial charge in [-0.15, -0.1) is 0 Å². The van der Waals surface area contributed by atoms with Crippen LogP contribution in [0.15, 0.2) is 48.7 Å². The Bertz CT molecular complexity index is 532. The molecule has 3 nitrogen and oxygen atoms in total. The van der Waals surface area contributed by atoms with Gasteiger partial charge in [-0.3, -0.25) is 4.98 Å². The van der Waals surface area contributed by atoms with Gasteiger partial charge in [-0.1, -0.05) is 19.6 Å². The minimum Gasteiger partial charge on any atom is -0.489 e. The molecular weight excluding hydrogens is 224 g/mol.